The van der Waals surface area contributed by atoms with E-state index in [0.29, 0.717) is 42.7 Å². The van der Waals surface area contributed by atoms with Crippen molar-refractivity contribution in [2.24, 2.45) is 5.92 Å². The molecule has 2 heterocycles. The summed E-state index contributed by atoms with van der Waals surface area (Å²) in [6, 6.07) is 12.4. The Hall–Kier alpha value is -2.80. The van der Waals surface area contributed by atoms with Crippen molar-refractivity contribution in [2.45, 2.75) is 19.8 Å². The molecule has 164 valence electrons. The number of carbonyl (C=O) groups is 1. The first-order valence-corrected chi connectivity index (χ1v) is 11.1. The number of halogens is 1. The minimum atomic E-state index is -0.435. The lowest BCUT2D eigenvalue weighted by molar-refractivity contribution is -0.384. The number of nitro groups is 1. The molecular formula is C23H27ClN4O3. The highest BCUT2D eigenvalue weighted by Crippen LogP contribution is 2.31. The predicted octanol–water partition coefficient (Wildman–Crippen LogP) is 4.45. The van der Waals surface area contributed by atoms with Gasteiger partial charge in [-0.15, -0.1) is 0 Å². The van der Waals surface area contributed by atoms with Gasteiger partial charge in [-0.2, -0.15) is 0 Å². The largest absolute Gasteiger partial charge is 0.371 e. The quantitative estimate of drug-likeness (QED) is 0.517. The van der Waals surface area contributed by atoms with E-state index in [4.69, 9.17) is 11.6 Å². The number of nitro benzene ring substituents is 1. The van der Waals surface area contributed by atoms with Crippen molar-refractivity contribution in [3.8, 4) is 0 Å². The van der Waals surface area contributed by atoms with Crippen LogP contribution in [-0.4, -0.2) is 55.0 Å². The molecule has 0 aromatic heterocycles. The van der Waals surface area contributed by atoms with E-state index in [0.717, 1.165) is 37.3 Å². The SMILES string of the molecule is CC1CCN(c2ccc([N+](=O)[O-])cc2C(=O)N2CCN(c3cccc(Cl)c3)CC2)CC1. The summed E-state index contributed by atoms with van der Waals surface area (Å²) in [4.78, 5) is 30.6. The Labute approximate surface area is 187 Å². The fourth-order valence-electron chi connectivity index (χ4n) is 4.35. The fraction of sp³-hybridized carbons (Fsp3) is 0.435. The third-order valence-electron chi connectivity index (χ3n) is 6.29. The molecule has 7 nitrogen and oxygen atoms in total. The van der Waals surface area contributed by atoms with E-state index in [1.165, 1.54) is 12.1 Å². The smallest absolute Gasteiger partial charge is 0.270 e. The molecule has 0 spiro atoms. The molecule has 0 bridgehead atoms. The molecular weight excluding hydrogens is 416 g/mol. The van der Waals surface area contributed by atoms with Crippen molar-refractivity contribution in [1.82, 2.24) is 4.90 Å². The van der Waals surface area contributed by atoms with Crippen molar-refractivity contribution in [3.63, 3.8) is 0 Å². The summed E-state index contributed by atoms with van der Waals surface area (Å²) >= 11 is 6.11. The summed E-state index contributed by atoms with van der Waals surface area (Å²) in [5.41, 5.74) is 2.23. The maximum absolute atomic E-state index is 13.4. The lowest BCUT2D eigenvalue weighted by atomic mass is 9.97. The van der Waals surface area contributed by atoms with Gasteiger partial charge in [-0.1, -0.05) is 24.6 Å². The second-order valence-electron chi connectivity index (χ2n) is 8.39. The highest BCUT2D eigenvalue weighted by Gasteiger charge is 2.28. The summed E-state index contributed by atoms with van der Waals surface area (Å²) in [6.07, 6.45) is 2.12. The number of rotatable bonds is 4. The van der Waals surface area contributed by atoms with Gasteiger partial charge in [0.25, 0.3) is 11.6 Å². The first-order chi connectivity index (χ1) is 14.9. The molecule has 0 saturated carbocycles. The van der Waals surface area contributed by atoms with Gasteiger partial charge in [-0.05, 0) is 43.0 Å². The van der Waals surface area contributed by atoms with Gasteiger partial charge in [-0.25, -0.2) is 0 Å². The second kappa shape index (κ2) is 9.14. The summed E-state index contributed by atoms with van der Waals surface area (Å²) in [7, 11) is 0. The lowest BCUT2D eigenvalue weighted by Gasteiger charge is -2.37. The summed E-state index contributed by atoms with van der Waals surface area (Å²) in [5.74, 6) is 0.524. The highest BCUT2D eigenvalue weighted by atomic mass is 35.5. The number of nitrogens with zero attached hydrogens (tertiary/aromatic N) is 4. The van der Waals surface area contributed by atoms with Crippen molar-refractivity contribution >= 4 is 34.6 Å². The molecule has 2 fully saturated rings. The van der Waals surface area contributed by atoms with Gasteiger partial charge in [0.2, 0.25) is 0 Å². The molecule has 31 heavy (non-hydrogen) atoms. The molecule has 2 aromatic carbocycles. The van der Waals surface area contributed by atoms with Crippen LogP contribution >= 0.6 is 11.6 Å². The van der Waals surface area contributed by atoms with Crippen LogP contribution in [0.4, 0.5) is 17.1 Å². The van der Waals surface area contributed by atoms with Crippen molar-refractivity contribution in [3.05, 3.63) is 63.2 Å². The number of hydrogen-bond donors (Lipinski definition) is 0. The Morgan fingerprint density at radius 1 is 1.00 bits per heavy atom. The zero-order valence-electron chi connectivity index (χ0n) is 17.7. The van der Waals surface area contributed by atoms with Crippen LogP contribution in [0.3, 0.4) is 0 Å². The van der Waals surface area contributed by atoms with E-state index in [9.17, 15) is 14.9 Å². The number of anilines is 2. The van der Waals surface area contributed by atoms with Gasteiger partial charge in [0.15, 0.2) is 0 Å². The molecule has 0 N–H and O–H groups in total. The average Bonchev–Trinajstić information content (AvgIpc) is 2.79. The number of benzene rings is 2. The highest BCUT2D eigenvalue weighted by molar-refractivity contribution is 6.30. The number of amides is 1. The Balaban J connectivity index is 1.53. The average molecular weight is 443 g/mol. The van der Waals surface area contributed by atoms with Crippen LogP contribution in [0.15, 0.2) is 42.5 Å². The first kappa shape index (κ1) is 21.4. The monoisotopic (exact) mass is 442 g/mol. The number of piperazine rings is 1. The molecule has 0 unspecified atom stereocenters. The molecule has 8 heteroatoms. The van der Waals surface area contributed by atoms with Gasteiger partial charge in [0.05, 0.1) is 16.2 Å². The topological polar surface area (TPSA) is 69.9 Å². The van der Waals surface area contributed by atoms with Gasteiger partial charge < -0.3 is 14.7 Å². The van der Waals surface area contributed by atoms with Crippen LogP contribution in [0.2, 0.25) is 5.02 Å². The van der Waals surface area contributed by atoms with E-state index >= 15 is 0 Å². The normalized spacial score (nSPS) is 17.7. The maximum Gasteiger partial charge on any atom is 0.270 e. The van der Waals surface area contributed by atoms with Gasteiger partial charge in [0.1, 0.15) is 0 Å². The number of hydrogen-bond acceptors (Lipinski definition) is 5. The van der Waals surface area contributed by atoms with Crippen LogP contribution < -0.4 is 9.80 Å². The minimum Gasteiger partial charge on any atom is -0.371 e. The Kier molecular flexibility index (Phi) is 6.32. The van der Waals surface area contributed by atoms with Crippen molar-refractivity contribution in [2.75, 3.05) is 49.1 Å². The third-order valence-corrected chi connectivity index (χ3v) is 6.52. The van der Waals surface area contributed by atoms with E-state index < -0.39 is 4.92 Å². The molecule has 0 atom stereocenters. The summed E-state index contributed by atoms with van der Waals surface area (Å²) < 4.78 is 0. The number of carbonyl (C=O) groups excluding carboxylic acids is 1. The molecule has 1 amide bonds. The van der Waals surface area contributed by atoms with E-state index in [1.807, 2.05) is 24.3 Å². The van der Waals surface area contributed by atoms with Crippen LogP contribution in [0.1, 0.15) is 30.1 Å². The van der Waals surface area contributed by atoms with E-state index in [2.05, 4.69) is 16.7 Å². The fourth-order valence-corrected chi connectivity index (χ4v) is 4.53. The van der Waals surface area contributed by atoms with Gasteiger partial charge >= 0.3 is 0 Å². The van der Waals surface area contributed by atoms with E-state index in [-0.39, 0.29) is 11.6 Å². The summed E-state index contributed by atoms with van der Waals surface area (Å²) in [5, 5.41) is 12.0. The first-order valence-electron chi connectivity index (χ1n) is 10.8. The third kappa shape index (κ3) is 4.77. The maximum atomic E-state index is 13.4. The molecule has 0 radical (unpaired) electrons. The number of non-ortho nitro benzene ring substituents is 1. The van der Waals surface area contributed by atoms with Crippen LogP contribution in [0.25, 0.3) is 0 Å². The summed E-state index contributed by atoms with van der Waals surface area (Å²) in [6.45, 7) is 6.46. The van der Waals surface area contributed by atoms with Crippen LogP contribution in [0.5, 0.6) is 0 Å². The minimum absolute atomic E-state index is 0.0463. The van der Waals surface area contributed by atoms with E-state index in [1.54, 1.807) is 11.0 Å². The van der Waals surface area contributed by atoms with Gasteiger partial charge in [0, 0.05) is 62.1 Å². The second-order valence-corrected chi connectivity index (χ2v) is 8.82. The number of piperidine rings is 1. The zero-order chi connectivity index (χ0) is 22.0. The molecule has 2 aliphatic rings. The molecule has 2 saturated heterocycles. The molecule has 0 aliphatic carbocycles. The molecule has 4 rings (SSSR count). The predicted molar refractivity (Wildman–Crippen MR) is 123 cm³/mol. The molecule has 2 aliphatic heterocycles. The standard InChI is InChI=1S/C23H27ClN4O3/c1-17-7-9-26(10-8-17)22-6-5-20(28(30)31)16-21(22)23(29)27-13-11-25(12-14-27)19-4-2-3-18(24)15-19/h2-6,15-17H,7-14H2,1H3. The lowest BCUT2D eigenvalue weighted by Crippen LogP contribution is -2.49. The Morgan fingerprint density at radius 2 is 1.71 bits per heavy atom. The Bertz CT molecular complexity index is 967. The van der Waals surface area contributed by atoms with Crippen molar-refractivity contribution in [1.29, 1.82) is 0 Å². The van der Waals surface area contributed by atoms with Gasteiger partial charge in [-0.3, -0.25) is 14.9 Å². The zero-order valence-corrected chi connectivity index (χ0v) is 18.4. The van der Waals surface area contributed by atoms with Crippen LogP contribution in [-0.2, 0) is 0 Å². The van der Waals surface area contributed by atoms with Crippen LogP contribution in [0, 0.1) is 16.0 Å². The Morgan fingerprint density at radius 3 is 2.35 bits per heavy atom. The molecule has 2 aromatic rings. The van der Waals surface area contributed by atoms with Crippen molar-refractivity contribution < 1.29 is 9.72 Å².